The lowest BCUT2D eigenvalue weighted by molar-refractivity contribution is -0.138. The van der Waals surface area contributed by atoms with Crippen molar-refractivity contribution in [3.05, 3.63) is 29.3 Å². The average molecular weight is 320 g/mol. The van der Waals surface area contributed by atoms with Gasteiger partial charge in [-0.2, -0.15) is 22.7 Å². The fourth-order valence-corrected chi connectivity index (χ4v) is 3.67. The van der Waals surface area contributed by atoms with Crippen LogP contribution in [-0.4, -0.2) is 31.5 Å². The number of hydrogen-bond acceptors (Lipinski definition) is 3. The van der Waals surface area contributed by atoms with Gasteiger partial charge in [0.1, 0.15) is 6.54 Å². The summed E-state index contributed by atoms with van der Waals surface area (Å²) in [7, 11) is -4.33. The summed E-state index contributed by atoms with van der Waals surface area (Å²) in [5.74, 6) is 0. The Morgan fingerprint density at radius 3 is 2.33 bits per heavy atom. The highest BCUT2D eigenvalue weighted by atomic mass is 32.2. The van der Waals surface area contributed by atoms with Gasteiger partial charge in [-0.15, -0.1) is 0 Å². The molecule has 0 amide bonds. The molecule has 0 unspecified atom stereocenters. The molecule has 0 N–H and O–H groups in total. The standard InChI is InChI=1S/C13H15F3N2O2S/c1-9(2)18(8-13(14,15)16)21(19,20)12-6-11(7-17)5-4-10(12)3/h4-6,9H,8H2,1-3H3. The molecule has 0 radical (unpaired) electrons. The third-order valence-corrected chi connectivity index (χ3v) is 4.98. The second-order valence-electron chi connectivity index (χ2n) is 4.85. The Bertz CT molecular complexity index is 661. The van der Waals surface area contributed by atoms with Gasteiger partial charge in [0, 0.05) is 6.04 Å². The molecular weight excluding hydrogens is 305 g/mol. The lowest BCUT2D eigenvalue weighted by atomic mass is 10.2. The molecule has 1 aromatic carbocycles. The molecule has 0 saturated carbocycles. The van der Waals surface area contributed by atoms with Gasteiger partial charge >= 0.3 is 6.18 Å². The van der Waals surface area contributed by atoms with Crippen LogP contribution in [0, 0.1) is 18.3 Å². The van der Waals surface area contributed by atoms with E-state index in [0.29, 0.717) is 9.87 Å². The molecule has 0 aliphatic rings. The molecule has 0 fully saturated rings. The lowest BCUT2D eigenvalue weighted by Crippen LogP contribution is -2.43. The topological polar surface area (TPSA) is 61.2 Å². The number of sulfonamides is 1. The molecule has 1 rings (SSSR count). The number of nitrogens with zero attached hydrogens (tertiary/aromatic N) is 2. The maximum absolute atomic E-state index is 12.6. The van der Waals surface area contributed by atoms with Crippen molar-refractivity contribution in [2.24, 2.45) is 0 Å². The molecule has 0 atom stereocenters. The van der Waals surface area contributed by atoms with Crippen molar-refractivity contribution in [2.45, 2.75) is 37.9 Å². The van der Waals surface area contributed by atoms with Crippen molar-refractivity contribution in [1.29, 1.82) is 5.26 Å². The lowest BCUT2D eigenvalue weighted by Gasteiger charge is -2.27. The number of rotatable bonds is 4. The van der Waals surface area contributed by atoms with Crippen LogP contribution in [0.1, 0.15) is 25.0 Å². The summed E-state index contributed by atoms with van der Waals surface area (Å²) >= 11 is 0. The molecule has 8 heteroatoms. The van der Waals surface area contributed by atoms with Gasteiger partial charge in [-0.25, -0.2) is 8.42 Å². The Labute approximate surface area is 121 Å². The molecule has 0 aromatic heterocycles. The zero-order valence-corrected chi connectivity index (χ0v) is 12.6. The van der Waals surface area contributed by atoms with Crippen LogP contribution in [0.5, 0.6) is 0 Å². The van der Waals surface area contributed by atoms with Crippen LogP contribution in [-0.2, 0) is 10.0 Å². The first-order chi connectivity index (χ1) is 9.49. The molecule has 0 spiro atoms. The zero-order chi connectivity index (χ0) is 16.4. The van der Waals surface area contributed by atoms with Crippen LogP contribution in [0.4, 0.5) is 13.2 Å². The molecule has 0 aliphatic heterocycles. The van der Waals surface area contributed by atoms with E-state index in [4.69, 9.17) is 5.26 Å². The fraction of sp³-hybridized carbons (Fsp3) is 0.462. The van der Waals surface area contributed by atoms with Crippen LogP contribution < -0.4 is 0 Å². The van der Waals surface area contributed by atoms with E-state index < -0.39 is 28.8 Å². The van der Waals surface area contributed by atoms with E-state index >= 15 is 0 Å². The first kappa shape index (κ1) is 17.5. The molecule has 1 aromatic rings. The summed E-state index contributed by atoms with van der Waals surface area (Å²) in [4.78, 5) is -0.278. The van der Waals surface area contributed by atoms with Crippen molar-refractivity contribution in [2.75, 3.05) is 6.54 Å². The average Bonchev–Trinajstić information content (AvgIpc) is 2.35. The van der Waals surface area contributed by atoms with Gasteiger partial charge in [-0.3, -0.25) is 0 Å². The van der Waals surface area contributed by atoms with Crippen LogP contribution in [0.25, 0.3) is 0 Å². The fourth-order valence-electron chi connectivity index (χ4n) is 1.80. The van der Waals surface area contributed by atoms with Gasteiger partial charge in [0.2, 0.25) is 10.0 Å². The summed E-state index contributed by atoms with van der Waals surface area (Å²) in [5.41, 5.74) is 0.372. The van der Waals surface area contributed by atoms with Gasteiger partial charge in [-0.05, 0) is 38.5 Å². The molecule has 0 aliphatic carbocycles. The molecule has 0 heterocycles. The Morgan fingerprint density at radius 2 is 1.90 bits per heavy atom. The quantitative estimate of drug-likeness (QED) is 0.857. The molecule has 0 bridgehead atoms. The highest BCUT2D eigenvalue weighted by Crippen LogP contribution is 2.27. The molecule has 0 saturated heterocycles. The van der Waals surface area contributed by atoms with Crippen LogP contribution >= 0.6 is 0 Å². The van der Waals surface area contributed by atoms with Gasteiger partial charge in [0.25, 0.3) is 0 Å². The number of hydrogen-bond donors (Lipinski definition) is 0. The predicted molar refractivity (Wildman–Crippen MR) is 71.0 cm³/mol. The Hall–Kier alpha value is -1.59. The molecular formula is C13H15F3N2O2S. The maximum Gasteiger partial charge on any atom is 0.402 e. The number of alkyl halides is 3. The molecule has 4 nitrogen and oxygen atoms in total. The Kier molecular flexibility index (Phi) is 5.02. The van der Waals surface area contributed by atoms with Gasteiger partial charge in [0.05, 0.1) is 16.5 Å². The number of aryl methyl sites for hydroxylation is 1. The number of halogens is 3. The Morgan fingerprint density at radius 1 is 1.33 bits per heavy atom. The van der Waals surface area contributed by atoms with Gasteiger partial charge < -0.3 is 0 Å². The van der Waals surface area contributed by atoms with Crippen molar-refractivity contribution < 1.29 is 21.6 Å². The van der Waals surface area contributed by atoms with Crippen molar-refractivity contribution in [3.63, 3.8) is 0 Å². The van der Waals surface area contributed by atoms with Crippen molar-refractivity contribution >= 4 is 10.0 Å². The summed E-state index contributed by atoms with van der Waals surface area (Å²) in [6.07, 6.45) is -4.64. The normalized spacial score (nSPS) is 12.7. The van der Waals surface area contributed by atoms with Gasteiger partial charge in [-0.1, -0.05) is 6.07 Å². The second kappa shape index (κ2) is 6.03. The first-order valence-electron chi connectivity index (χ1n) is 6.08. The third-order valence-electron chi connectivity index (χ3n) is 2.81. The monoisotopic (exact) mass is 320 g/mol. The van der Waals surface area contributed by atoms with Crippen LogP contribution in [0.15, 0.2) is 23.1 Å². The minimum Gasteiger partial charge on any atom is -0.207 e. The van der Waals surface area contributed by atoms with E-state index in [1.807, 2.05) is 0 Å². The van der Waals surface area contributed by atoms with E-state index in [1.165, 1.54) is 32.9 Å². The first-order valence-corrected chi connectivity index (χ1v) is 7.52. The largest absolute Gasteiger partial charge is 0.402 e. The minimum absolute atomic E-state index is 0.0786. The maximum atomic E-state index is 12.6. The summed E-state index contributed by atoms with van der Waals surface area (Å²) in [6.45, 7) is 2.64. The molecule has 116 valence electrons. The summed E-state index contributed by atoms with van der Waals surface area (Å²) in [6, 6.07) is 4.83. The number of nitriles is 1. The second-order valence-corrected chi connectivity index (χ2v) is 6.71. The van der Waals surface area contributed by atoms with E-state index in [2.05, 4.69) is 0 Å². The SMILES string of the molecule is Cc1ccc(C#N)cc1S(=O)(=O)N(CC(F)(F)F)C(C)C. The summed E-state index contributed by atoms with van der Waals surface area (Å²) < 4.78 is 63.1. The van der Waals surface area contributed by atoms with Crippen molar-refractivity contribution in [1.82, 2.24) is 4.31 Å². The van der Waals surface area contributed by atoms with E-state index in [0.717, 1.165) is 6.07 Å². The minimum atomic E-state index is -4.64. The molecule has 21 heavy (non-hydrogen) atoms. The predicted octanol–water partition coefficient (Wildman–Crippen LogP) is 2.83. The smallest absolute Gasteiger partial charge is 0.207 e. The summed E-state index contributed by atoms with van der Waals surface area (Å²) in [5, 5.41) is 8.81. The van der Waals surface area contributed by atoms with Crippen molar-refractivity contribution in [3.8, 4) is 6.07 Å². The highest BCUT2D eigenvalue weighted by molar-refractivity contribution is 7.89. The Balaban J connectivity index is 3.40. The zero-order valence-electron chi connectivity index (χ0n) is 11.8. The van der Waals surface area contributed by atoms with Crippen LogP contribution in [0.2, 0.25) is 0 Å². The highest BCUT2D eigenvalue weighted by Gasteiger charge is 2.39. The van der Waals surface area contributed by atoms with E-state index in [1.54, 1.807) is 6.07 Å². The van der Waals surface area contributed by atoms with E-state index in [9.17, 15) is 21.6 Å². The third kappa shape index (κ3) is 4.19. The van der Waals surface area contributed by atoms with E-state index in [-0.39, 0.29) is 10.5 Å². The van der Waals surface area contributed by atoms with Crippen LogP contribution in [0.3, 0.4) is 0 Å². The van der Waals surface area contributed by atoms with Gasteiger partial charge in [0.15, 0.2) is 0 Å². The number of benzene rings is 1.